The van der Waals surface area contributed by atoms with Gasteiger partial charge in [0.2, 0.25) is 5.91 Å². The number of unbranched alkanes of at least 4 members (excludes halogenated alkanes) is 4. The summed E-state index contributed by atoms with van der Waals surface area (Å²) in [5, 5.41) is 1.20. The molecule has 0 saturated carbocycles. The van der Waals surface area contributed by atoms with Crippen molar-refractivity contribution < 1.29 is 4.79 Å². The Morgan fingerprint density at radius 2 is 1.53 bits per heavy atom. The Morgan fingerprint density at radius 1 is 0.842 bits per heavy atom. The van der Waals surface area contributed by atoms with Crippen LogP contribution >= 0.6 is 0 Å². The molecule has 0 bridgehead atoms. The minimum atomic E-state index is 0.159. The summed E-state index contributed by atoms with van der Waals surface area (Å²) < 4.78 is 2.41. The highest BCUT2D eigenvalue weighted by Crippen LogP contribution is 2.29. The zero-order chi connectivity index (χ0) is 26.9. The first-order valence-electron chi connectivity index (χ1n) is 14.2. The number of para-hydroxylation sites is 1. The predicted octanol–water partition coefficient (Wildman–Crippen LogP) is 8.07. The van der Waals surface area contributed by atoms with Gasteiger partial charge in [0, 0.05) is 54.3 Å². The molecule has 0 unspecified atom stereocenters. The number of nitrogens with zero attached hydrogens (tertiary/aromatic N) is 4. The van der Waals surface area contributed by atoms with Crippen LogP contribution in [0.5, 0.6) is 0 Å². The Morgan fingerprint density at radius 3 is 2.24 bits per heavy atom. The molecule has 2 heterocycles. The maximum atomic E-state index is 13.9. The molecule has 2 aromatic carbocycles. The summed E-state index contributed by atoms with van der Waals surface area (Å²) in [6.45, 7) is 8.35. The van der Waals surface area contributed by atoms with E-state index in [1.54, 1.807) is 6.20 Å². The zero-order valence-electron chi connectivity index (χ0n) is 23.5. The molecule has 0 aliphatic heterocycles. The molecule has 4 rings (SSSR count). The van der Waals surface area contributed by atoms with E-state index in [-0.39, 0.29) is 5.91 Å². The van der Waals surface area contributed by atoms with Gasteiger partial charge < -0.3 is 14.4 Å². The number of fused-ring (bicyclic) bond motifs is 1. The average Bonchev–Trinajstić information content (AvgIpc) is 3.22. The second-order valence-corrected chi connectivity index (χ2v) is 10.1. The smallest absolute Gasteiger partial charge is 0.231 e. The lowest BCUT2D eigenvalue weighted by Gasteiger charge is -2.25. The van der Waals surface area contributed by atoms with Crippen LogP contribution in [0.15, 0.2) is 72.9 Å². The summed E-state index contributed by atoms with van der Waals surface area (Å²) in [6, 6.07) is 22.8. The van der Waals surface area contributed by atoms with Gasteiger partial charge in [-0.05, 0) is 67.8 Å². The van der Waals surface area contributed by atoms with Crippen molar-refractivity contribution in [3.8, 4) is 0 Å². The van der Waals surface area contributed by atoms with Gasteiger partial charge in [-0.1, -0.05) is 63.8 Å². The number of carbonyl (C=O) groups excluding carboxylic acids is 1. The maximum absolute atomic E-state index is 13.9. The van der Waals surface area contributed by atoms with Gasteiger partial charge in [-0.3, -0.25) is 4.79 Å². The van der Waals surface area contributed by atoms with Crippen molar-refractivity contribution in [3.63, 3.8) is 0 Å². The van der Waals surface area contributed by atoms with Crippen LogP contribution in [-0.4, -0.2) is 29.1 Å². The number of carbonyl (C=O) groups is 1. The summed E-state index contributed by atoms with van der Waals surface area (Å²) in [6.07, 6.45) is 9.03. The molecule has 0 aliphatic carbocycles. The minimum Gasteiger partial charge on any atom is -0.345 e. The Labute approximate surface area is 228 Å². The van der Waals surface area contributed by atoms with Crippen LogP contribution < -0.4 is 9.80 Å². The molecule has 0 radical (unpaired) electrons. The van der Waals surface area contributed by atoms with Gasteiger partial charge in [0.25, 0.3) is 0 Å². The van der Waals surface area contributed by atoms with E-state index in [0.717, 1.165) is 61.5 Å². The Hall–Kier alpha value is -3.60. The summed E-state index contributed by atoms with van der Waals surface area (Å²) >= 11 is 0. The fourth-order valence-electron chi connectivity index (χ4n) is 5.24. The largest absolute Gasteiger partial charge is 0.345 e. The number of amides is 1. The maximum Gasteiger partial charge on any atom is 0.231 e. The number of aromatic nitrogens is 2. The van der Waals surface area contributed by atoms with Crippen LogP contribution in [0.25, 0.3) is 10.9 Å². The molecule has 0 N–H and O–H groups in total. The summed E-state index contributed by atoms with van der Waals surface area (Å²) in [4.78, 5) is 22.4. The number of hydrogen-bond acceptors (Lipinski definition) is 3. The Bertz CT molecular complexity index is 1310. The highest BCUT2D eigenvalue weighted by molar-refractivity contribution is 5.98. The molecule has 0 spiro atoms. The Kier molecular flexibility index (Phi) is 9.58. The van der Waals surface area contributed by atoms with E-state index < -0.39 is 0 Å². The first-order valence-corrected chi connectivity index (χ1v) is 14.2. The third-order valence-electron chi connectivity index (χ3n) is 7.50. The van der Waals surface area contributed by atoms with Crippen molar-refractivity contribution in [1.29, 1.82) is 0 Å². The van der Waals surface area contributed by atoms with Gasteiger partial charge in [-0.15, -0.1) is 0 Å². The molecule has 38 heavy (non-hydrogen) atoms. The summed E-state index contributed by atoms with van der Waals surface area (Å²) in [7, 11) is 2.01. The van der Waals surface area contributed by atoms with Gasteiger partial charge in [0.15, 0.2) is 0 Å². The molecular formula is C33H42N4O. The van der Waals surface area contributed by atoms with Crippen LogP contribution in [0.3, 0.4) is 0 Å². The van der Waals surface area contributed by atoms with Crippen LogP contribution in [0.2, 0.25) is 0 Å². The predicted molar refractivity (Wildman–Crippen MR) is 161 cm³/mol. The van der Waals surface area contributed by atoms with Gasteiger partial charge in [-0.2, -0.15) is 0 Å². The van der Waals surface area contributed by atoms with Gasteiger partial charge in [0.05, 0.1) is 6.42 Å². The molecule has 0 aliphatic rings. The molecule has 0 atom stereocenters. The van der Waals surface area contributed by atoms with Gasteiger partial charge >= 0.3 is 0 Å². The minimum absolute atomic E-state index is 0.159. The van der Waals surface area contributed by atoms with Crippen molar-refractivity contribution in [3.05, 3.63) is 84.2 Å². The third-order valence-corrected chi connectivity index (χ3v) is 7.50. The van der Waals surface area contributed by atoms with E-state index >= 15 is 0 Å². The molecule has 1 amide bonds. The normalized spacial score (nSPS) is 11.2. The summed E-state index contributed by atoms with van der Waals surface area (Å²) in [5.41, 5.74) is 5.61. The van der Waals surface area contributed by atoms with Gasteiger partial charge in [-0.25, -0.2) is 4.98 Å². The van der Waals surface area contributed by atoms with Crippen molar-refractivity contribution >= 4 is 34.0 Å². The second-order valence-electron chi connectivity index (χ2n) is 10.1. The monoisotopic (exact) mass is 510 g/mol. The van der Waals surface area contributed by atoms with Crippen molar-refractivity contribution in [2.75, 3.05) is 23.4 Å². The third kappa shape index (κ3) is 6.27. The number of aryl methyl sites for hydroxylation is 1. The number of rotatable bonds is 13. The van der Waals surface area contributed by atoms with Crippen LogP contribution in [-0.2, 0) is 17.8 Å². The lowest BCUT2D eigenvalue weighted by molar-refractivity contribution is -0.118. The zero-order valence-corrected chi connectivity index (χ0v) is 23.5. The molecule has 2 aromatic heterocycles. The van der Waals surface area contributed by atoms with E-state index in [9.17, 15) is 4.79 Å². The van der Waals surface area contributed by atoms with Crippen molar-refractivity contribution in [2.24, 2.45) is 0 Å². The van der Waals surface area contributed by atoms with Gasteiger partial charge in [0.1, 0.15) is 5.82 Å². The topological polar surface area (TPSA) is 41.4 Å². The van der Waals surface area contributed by atoms with E-state index in [2.05, 4.69) is 83.8 Å². The Balaban J connectivity index is 1.59. The number of pyridine rings is 1. The first kappa shape index (κ1) is 27.4. The number of benzene rings is 2. The molecule has 5 heteroatoms. The van der Waals surface area contributed by atoms with Crippen LogP contribution in [0.4, 0.5) is 17.2 Å². The standard InChI is InChI=1S/C33H42N4O/c1-5-7-13-23-36-26(3)30(29-15-9-10-16-31(29)36)25-33(38)37(24-14-8-6-2)28-20-18-27(19-21-28)35(4)32-17-11-12-22-34-32/h9-12,15-22H,5-8,13-14,23-25H2,1-4H3. The quantitative estimate of drug-likeness (QED) is 0.171. The van der Waals surface area contributed by atoms with E-state index in [4.69, 9.17) is 0 Å². The van der Waals surface area contributed by atoms with E-state index in [1.807, 2.05) is 30.1 Å². The highest BCUT2D eigenvalue weighted by Gasteiger charge is 2.21. The van der Waals surface area contributed by atoms with E-state index in [0.29, 0.717) is 6.42 Å². The fourth-order valence-corrected chi connectivity index (χ4v) is 5.24. The molecule has 0 fully saturated rings. The average molecular weight is 511 g/mol. The highest BCUT2D eigenvalue weighted by atomic mass is 16.2. The fraction of sp³-hybridized carbons (Fsp3) is 0.394. The number of hydrogen-bond donors (Lipinski definition) is 0. The second kappa shape index (κ2) is 13.3. The van der Waals surface area contributed by atoms with Crippen molar-refractivity contribution in [2.45, 2.75) is 72.3 Å². The lowest BCUT2D eigenvalue weighted by atomic mass is 10.1. The number of anilines is 3. The summed E-state index contributed by atoms with van der Waals surface area (Å²) in [5.74, 6) is 1.05. The van der Waals surface area contributed by atoms with Crippen LogP contribution in [0, 0.1) is 6.92 Å². The molecule has 200 valence electrons. The SMILES string of the molecule is CCCCCN(C(=O)Cc1c(C)n(CCCCC)c2ccccc12)c1ccc(N(C)c2ccccn2)cc1. The van der Waals surface area contributed by atoms with E-state index in [1.165, 1.54) is 29.4 Å². The molecule has 5 nitrogen and oxygen atoms in total. The van der Waals surface area contributed by atoms with Crippen LogP contribution in [0.1, 0.15) is 63.6 Å². The van der Waals surface area contributed by atoms with Crippen molar-refractivity contribution in [1.82, 2.24) is 9.55 Å². The molecule has 4 aromatic rings. The molecule has 0 saturated heterocycles. The molecular weight excluding hydrogens is 468 g/mol. The lowest BCUT2D eigenvalue weighted by Crippen LogP contribution is -2.33. The first-order chi connectivity index (χ1) is 18.5.